The van der Waals surface area contributed by atoms with E-state index in [0.29, 0.717) is 0 Å². The van der Waals surface area contributed by atoms with Crippen LogP contribution in [-0.2, 0) is 0 Å². The van der Waals surface area contributed by atoms with Crippen molar-refractivity contribution in [3.05, 3.63) is 15.3 Å². The Morgan fingerprint density at radius 2 is 1.33 bits per heavy atom. The average Bonchev–Trinajstić information content (AvgIpc) is 0.811. The molecule has 0 heterocycles. The molecule has 0 radical (unpaired) electrons. The first-order valence-electron chi connectivity index (χ1n) is 0.548. The minimum absolute atomic E-state index is 0. The Balaban J connectivity index is -0.0000000450. The predicted octanol–water partition coefficient (Wildman–Crippen LogP) is -4.15. The van der Waals surface area contributed by atoms with Crippen molar-refractivity contribution in [2.45, 2.75) is 0 Å². The van der Waals surface area contributed by atoms with Gasteiger partial charge < -0.3 is 15.3 Å². The van der Waals surface area contributed by atoms with Crippen LogP contribution in [0.2, 0.25) is 0 Å². The Morgan fingerprint density at radius 1 is 1.33 bits per heavy atom. The van der Waals surface area contributed by atoms with E-state index >= 15 is 0 Å². The van der Waals surface area contributed by atoms with Crippen LogP contribution >= 0.6 is 0 Å². The molecule has 0 spiro atoms. The molecule has 6 heavy (non-hydrogen) atoms. The molecular weight excluding hydrogens is 125 g/mol. The second kappa shape index (κ2) is 9.68. The van der Waals surface area contributed by atoms with Crippen molar-refractivity contribution < 1.29 is 34.6 Å². The van der Waals surface area contributed by atoms with Crippen molar-refractivity contribution in [1.82, 2.24) is 0 Å². The van der Waals surface area contributed by atoms with Gasteiger partial charge in [0, 0.05) is 0 Å². The topological polar surface area (TPSA) is 66.2 Å². The van der Waals surface area contributed by atoms with Gasteiger partial charge in [0.05, 0.1) is 5.09 Å². The predicted molar refractivity (Wildman–Crippen MR) is 18.9 cm³/mol. The smallest absolute Gasteiger partial charge is 1.00 e. The third kappa shape index (κ3) is 51.0. The molecule has 0 saturated carbocycles. The summed E-state index contributed by atoms with van der Waals surface area (Å²) in [6.07, 6.45) is 0. The molecule has 0 aromatic rings. The Morgan fingerprint density at radius 3 is 1.33 bits per heavy atom. The van der Waals surface area contributed by atoms with Gasteiger partial charge in [-0.05, 0) is 0 Å². The quantitative estimate of drug-likeness (QED) is 0.188. The third-order valence-corrected chi connectivity index (χ3v) is 0. The summed E-state index contributed by atoms with van der Waals surface area (Å²) in [5, 5.41) is 14.8. The Bertz CT molecular complexity index is 33.8. The number of hydrogen-bond donors (Lipinski definition) is 0. The maximum atomic E-state index is 8.25. The van der Waals surface area contributed by atoms with E-state index in [1.54, 1.807) is 0 Å². The second-order valence-electron chi connectivity index (χ2n) is 0.224. The molecule has 6 heteroatoms. The number of rotatable bonds is 0. The van der Waals surface area contributed by atoms with Gasteiger partial charge in [-0.2, -0.15) is 0 Å². The second-order valence-corrected chi connectivity index (χ2v) is 0.224. The first-order valence-corrected chi connectivity index (χ1v) is 0.548. The van der Waals surface area contributed by atoms with Crippen LogP contribution in [0.15, 0.2) is 0 Å². The van der Waals surface area contributed by atoms with Crippen molar-refractivity contribution in [3.8, 4) is 0 Å². The standard InChI is InChI=1S/Ca.NO3.Na.2H/c;2-1(3)4;;;/q;-1;+1;;. The van der Waals surface area contributed by atoms with E-state index in [4.69, 9.17) is 15.3 Å². The molecule has 0 unspecified atom stereocenters. The molecule has 0 amide bonds. The zero-order valence-electron chi connectivity index (χ0n) is 2.67. The third-order valence-electron chi connectivity index (χ3n) is 0. The van der Waals surface area contributed by atoms with E-state index in [9.17, 15) is 0 Å². The monoisotopic (exact) mass is 127 g/mol. The van der Waals surface area contributed by atoms with E-state index in [0.717, 1.165) is 0 Å². The molecule has 28 valence electrons. The molecule has 4 nitrogen and oxygen atoms in total. The number of hydrogen-bond acceptors (Lipinski definition) is 3. The van der Waals surface area contributed by atoms with Crippen LogP contribution in [-0.4, -0.2) is 42.8 Å². The Labute approximate surface area is 86.3 Å². The van der Waals surface area contributed by atoms with Crippen molar-refractivity contribution in [3.63, 3.8) is 0 Å². The summed E-state index contributed by atoms with van der Waals surface area (Å²) in [6.45, 7) is 0. The van der Waals surface area contributed by atoms with Gasteiger partial charge in [-0.15, -0.1) is 0 Å². The summed E-state index contributed by atoms with van der Waals surface area (Å²) in [6, 6.07) is 0. The molecule has 0 atom stereocenters. The normalized spacial score (nSPS) is 4.00. The molecule has 0 aliphatic heterocycles. The van der Waals surface area contributed by atoms with Crippen molar-refractivity contribution >= 4 is 37.7 Å². The molecule has 0 N–H and O–H groups in total. The van der Waals surface area contributed by atoms with E-state index in [1.807, 2.05) is 0 Å². The van der Waals surface area contributed by atoms with Gasteiger partial charge in [0.25, 0.3) is 0 Å². The molecular formula is H2CaNNaO3. The fourth-order valence-corrected chi connectivity index (χ4v) is 0. The fourth-order valence-electron chi connectivity index (χ4n) is 0. The van der Waals surface area contributed by atoms with Crippen LogP contribution in [0.5, 0.6) is 0 Å². The molecule has 0 aliphatic rings. The van der Waals surface area contributed by atoms with Gasteiger partial charge in [-0.3, -0.25) is 0 Å². The van der Waals surface area contributed by atoms with E-state index in [-0.39, 0.29) is 67.3 Å². The average molecular weight is 127 g/mol. The minimum atomic E-state index is -1.75. The largest absolute Gasteiger partial charge is 1.00 e. The fraction of sp³-hybridized carbons (Fsp3) is 0. The zero-order valence-corrected chi connectivity index (χ0v) is 4.67. The van der Waals surface area contributed by atoms with Gasteiger partial charge in [-0.1, -0.05) is 0 Å². The Kier molecular flexibility index (Phi) is 25.3. The summed E-state index contributed by atoms with van der Waals surface area (Å²) in [5.74, 6) is 0. The zero-order chi connectivity index (χ0) is 3.58. The molecule has 0 rings (SSSR count). The van der Waals surface area contributed by atoms with Gasteiger partial charge >= 0.3 is 67.3 Å². The Hall–Kier alpha value is 1.46. The molecule has 0 saturated heterocycles. The first kappa shape index (κ1) is 15.7. The molecule has 0 aliphatic carbocycles. The van der Waals surface area contributed by atoms with E-state index in [2.05, 4.69) is 0 Å². The van der Waals surface area contributed by atoms with Crippen LogP contribution in [0.1, 0.15) is 0 Å². The van der Waals surface area contributed by atoms with Crippen LogP contribution in [0, 0.1) is 15.3 Å². The molecule has 0 aromatic heterocycles. The molecule has 0 aromatic carbocycles. The summed E-state index contributed by atoms with van der Waals surface area (Å²) < 4.78 is 0. The van der Waals surface area contributed by atoms with E-state index < -0.39 is 5.09 Å². The van der Waals surface area contributed by atoms with Gasteiger partial charge in [0.2, 0.25) is 0 Å². The summed E-state index contributed by atoms with van der Waals surface area (Å²) in [4.78, 5) is 8.25. The first-order chi connectivity index (χ1) is 1.73. The molecule has 0 bridgehead atoms. The van der Waals surface area contributed by atoms with Crippen LogP contribution < -0.4 is 29.6 Å². The van der Waals surface area contributed by atoms with E-state index in [1.165, 1.54) is 0 Å². The minimum Gasteiger partial charge on any atom is 1.00 e. The van der Waals surface area contributed by atoms with Gasteiger partial charge in [0.15, 0.2) is 0 Å². The van der Waals surface area contributed by atoms with Gasteiger partial charge in [-0.25, -0.2) is 0 Å². The van der Waals surface area contributed by atoms with Crippen LogP contribution in [0.3, 0.4) is 0 Å². The van der Waals surface area contributed by atoms with Crippen molar-refractivity contribution in [2.24, 2.45) is 0 Å². The molecule has 0 fully saturated rings. The number of nitrogens with zero attached hydrogens (tertiary/aromatic N) is 1. The maximum Gasteiger partial charge on any atom is 1.00 e. The summed E-state index contributed by atoms with van der Waals surface area (Å²) in [5.41, 5.74) is 0. The van der Waals surface area contributed by atoms with Crippen molar-refractivity contribution in [2.75, 3.05) is 0 Å². The SMILES string of the molecule is O=[N+]([O-])[O-].[CaH2].[Na+]. The summed E-state index contributed by atoms with van der Waals surface area (Å²) >= 11 is 0. The summed E-state index contributed by atoms with van der Waals surface area (Å²) in [7, 11) is 0. The maximum absolute atomic E-state index is 8.25. The van der Waals surface area contributed by atoms with Crippen LogP contribution in [0.4, 0.5) is 0 Å². The van der Waals surface area contributed by atoms with Gasteiger partial charge in [0.1, 0.15) is 0 Å². The van der Waals surface area contributed by atoms with Crippen LogP contribution in [0.25, 0.3) is 0 Å². The van der Waals surface area contributed by atoms with Crippen molar-refractivity contribution in [1.29, 1.82) is 0 Å².